The molecule has 1 amide bonds. The smallest absolute Gasteiger partial charge is 0.337 e. The van der Waals surface area contributed by atoms with Crippen LogP contribution in [0.3, 0.4) is 0 Å². The zero-order chi connectivity index (χ0) is 28.3. The molecule has 2 fully saturated rings. The number of aromatic carboxylic acids is 1. The van der Waals surface area contributed by atoms with E-state index in [9.17, 15) is 19.5 Å². The molecule has 2 aliphatic heterocycles. The number of rotatable bonds is 5. The monoisotopic (exact) mass is 551 g/mol. The molecule has 0 atom stereocenters. The lowest BCUT2D eigenvalue weighted by atomic mass is 9.82. The second-order valence-electron chi connectivity index (χ2n) is 11.2. The van der Waals surface area contributed by atoms with Crippen molar-refractivity contribution in [1.29, 1.82) is 0 Å². The molecule has 3 aliphatic rings. The number of carboxylic acid groups (broad SMARTS) is 1. The van der Waals surface area contributed by atoms with Gasteiger partial charge >= 0.3 is 5.97 Å². The minimum absolute atomic E-state index is 0.0220. The van der Waals surface area contributed by atoms with Crippen molar-refractivity contribution in [2.24, 2.45) is 0 Å². The fourth-order valence-electron chi connectivity index (χ4n) is 6.16. The summed E-state index contributed by atoms with van der Waals surface area (Å²) in [7, 11) is 1.63. The molecule has 41 heavy (non-hydrogen) atoms. The second-order valence-corrected chi connectivity index (χ2v) is 11.2. The van der Waals surface area contributed by atoms with Gasteiger partial charge < -0.3 is 24.0 Å². The topological polar surface area (TPSA) is 111 Å². The highest BCUT2D eigenvalue weighted by Gasteiger charge is 2.44. The first-order valence-electron chi connectivity index (χ1n) is 13.9. The first kappa shape index (κ1) is 25.3. The van der Waals surface area contributed by atoms with Crippen LogP contribution in [0.1, 0.15) is 69.2 Å². The molecule has 9 heteroatoms. The molecule has 4 heterocycles. The largest absolute Gasteiger partial charge is 0.496 e. The van der Waals surface area contributed by atoms with Crippen LogP contribution in [0, 0.1) is 0 Å². The molecule has 1 saturated heterocycles. The molecule has 0 radical (unpaired) electrons. The average Bonchev–Trinajstić information content (AvgIpc) is 3.74. The Morgan fingerprint density at radius 3 is 2.56 bits per heavy atom. The number of pyridine rings is 1. The number of ether oxygens (including phenoxy) is 2. The van der Waals surface area contributed by atoms with Crippen molar-refractivity contribution in [2.75, 3.05) is 20.2 Å². The van der Waals surface area contributed by atoms with Crippen molar-refractivity contribution < 1.29 is 29.0 Å². The standard InChI is InChI=1S/C32H29N3O6/c1-40-29-15-20(14-26-24(29)6-9-35(26)23-3-4-23)30(37)34-10-7-32(8-11-34)16-27(36)25-13-19(2-5-28(25)41-32)21-12-22(31(38)39)18-33-17-21/h2,5-6,9,12-15,17-18,23H,3-4,7-8,10-11,16H2,1H3,(H,38,39). The van der Waals surface area contributed by atoms with Gasteiger partial charge in [0.2, 0.25) is 0 Å². The van der Waals surface area contributed by atoms with Crippen LogP contribution >= 0.6 is 0 Å². The van der Waals surface area contributed by atoms with Gasteiger partial charge in [-0.2, -0.15) is 0 Å². The van der Waals surface area contributed by atoms with Crippen LogP contribution in [-0.4, -0.2) is 63.0 Å². The van der Waals surface area contributed by atoms with Crippen LogP contribution in [0.15, 0.2) is 61.1 Å². The molecule has 2 aromatic carbocycles. The van der Waals surface area contributed by atoms with Crippen LogP contribution < -0.4 is 9.47 Å². The number of carbonyl (C=O) groups excluding carboxylic acids is 2. The third-order valence-electron chi connectivity index (χ3n) is 8.58. The summed E-state index contributed by atoms with van der Waals surface area (Å²) < 4.78 is 14.3. The zero-order valence-corrected chi connectivity index (χ0v) is 22.6. The van der Waals surface area contributed by atoms with Gasteiger partial charge in [-0.05, 0) is 54.8 Å². The van der Waals surface area contributed by atoms with E-state index < -0.39 is 11.6 Å². The van der Waals surface area contributed by atoms with Gasteiger partial charge in [0, 0.05) is 67.1 Å². The number of piperidine rings is 1. The number of methoxy groups -OCH3 is 1. The minimum atomic E-state index is -1.06. The highest BCUT2D eigenvalue weighted by atomic mass is 16.5. The number of ketones is 1. The van der Waals surface area contributed by atoms with E-state index in [0.717, 1.165) is 23.7 Å². The molecule has 0 bridgehead atoms. The molecule has 1 saturated carbocycles. The molecule has 0 unspecified atom stereocenters. The van der Waals surface area contributed by atoms with E-state index in [1.165, 1.54) is 12.3 Å². The normalized spacial score (nSPS) is 17.8. The summed E-state index contributed by atoms with van der Waals surface area (Å²) in [5.74, 6) is 0.0831. The first-order chi connectivity index (χ1) is 19.8. The number of hydrogen-bond donors (Lipinski definition) is 1. The number of hydrogen-bond acceptors (Lipinski definition) is 6. The summed E-state index contributed by atoms with van der Waals surface area (Å²) in [5, 5.41) is 10.3. The Labute approximate surface area is 236 Å². The van der Waals surface area contributed by atoms with Gasteiger partial charge in [-0.25, -0.2) is 4.79 Å². The number of fused-ring (bicyclic) bond motifs is 2. The van der Waals surface area contributed by atoms with Gasteiger partial charge in [0.25, 0.3) is 5.91 Å². The van der Waals surface area contributed by atoms with E-state index >= 15 is 0 Å². The fraction of sp³-hybridized carbons (Fsp3) is 0.312. The van der Waals surface area contributed by atoms with Gasteiger partial charge in [0.05, 0.1) is 30.2 Å². The summed E-state index contributed by atoms with van der Waals surface area (Å²) in [6.07, 6.45) is 8.57. The first-order valence-corrected chi connectivity index (χ1v) is 13.9. The number of Topliss-reactive ketones (excluding diaryl/α,β-unsaturated/α-hetero) is 1. The van der Waals surface area contributed by atoms with Gasteiger partial charge in [-0.15, -0.1) is 0 Å². The van der Waals surface area contributed by atoms with Gasteiger partial charge in [0.1, 0.15) is 17.1 Å². The molecule has 208 valence electrons. The molecule has 1 N–H and O–H groups in total. The van der Waals surface area contributed by atoms with E-state index in [1.807, 2.05) is 29.2 Å². The zero-order valence-electron chi connectivity index (χ0n) is 22.6. The van der Waals surface area contributed by atoms with Gasteiger partial charge in [-0.1, -0.05) is 6.07 Å². The molecular formula is C32H29N3O6. The lowest BCUT2D eigenvalue weighted by molar-refractivity contribution is -0.00571. The van der Waals surface area contributed by atoms with E-state index in [-0.39, 0.29) is 23.7 Å². The molecule has 9 nitrogen and oxygen atoms in total. The second kappa shape index (κ2) is 9.47. The van der Waals surface area contributed by atoms with E-state index in [0.29, 0.717) is 65.7 Å². The lowest BCUT2D eigenvalue weighted by Crippen LogP contribution is -2.52. The van der Waals surface area contributed by atoms with Crippen molar-refractivity contribution in [1.82, 2.24) is 14.5 Å². The highest BCUT2D eigenvalue weighted by molar-refractivity contribution is 6.02. The Hall–Kier alpha value is -4.66. The SMILES string of the molecule is COc1cc(C(=O)N2CCC3(CC2)CC(=O)c2cc(-c4cncc(C(=O)O)c4)ccc2O3)cc2c1ccn2C1CC1. The number of aromatic nitrogens is 2. The maximum absolute atomic E-state index is 13.6. The summed E-state index contributed by atoms with van der Waals surface area (Å²) in [5.41, 5.74) is 2.84. The molecule has 2 aromatic heterocycles. The van der Waals surface area contributed by atoms with Crippen LogP contribution in [-0.2, 0) is 0 Å². The van der Waals surface area contributed by atoms with Crippen molar-refractivity contribution in [3.8, 4) is 22.6 Å². The quantitative estimate of drug-likeness (QED) is 0.354. The maximum atomic E-state index is 13.6. The van der Waals surface area contributed by atoms with Crippen molar-refractivity contribution in [2.45, 2.75) is 43.7 Å². The summed E-state index contributed by atoms with van der Waals surface area (Å²) in [6.45, 7) is 0.967. The highest BCUT2D eigenvalue weighted by Crippen LogP contribution is 2.42. The fourth-order valence-corrected chi connectivity index (χ4v) is 6.16. The summed E-state index contributed by atoms with van der Waals surface area (Å²) in [6, 6.07) is 13.2. The Bertz CT molecular complexity index is 1730. The number of carboxylic acids is 1. The molecule has 1 aliphatic carbocycles. The minimum Gasteiger partial charge on any atom is -0.496 e. The molecular weight excluding hydrogens is 522 g/mol. The number of benzene rings is 2. The average molecular weight is 552 g/mol. The van der Waals surface area contributed by atoms with Crippen LogP contribution in [0.2, 0.25) is 0 Å². The number of likely N-dealkylation sites (tertiary alicyclic amines) is 1. The molecule has 1 spiro atoms. The Morgan fingerprint density at radius 2 is 1.83 bits per heavy atom. The Kier molecular flexibility index (Phi) is 5.85. The van der Waals surface area contributed by atoms with Crippen molar-refractivity contribution >= 4 is 28.6 Å². The van der Waals surface area contributed by atoms with Crippen LogP contribution in [0.25, 0.3) is 22.0 Å². The lowest BCUT2D eigenvalue weighted by Gasteiger charge is -2.44. The van der Waals surface area contributed by atoms with Gasteiger partial charge in [-0.3, -0.25) is 14.6 Å². The van der Waals surface area contributed by atoms with Gasteiger partial charge in [0.15, 0.2) is 5.78 Å². The van der Waals surface area contributed by atoms with Crippen LogP contribution in [0.5, 0.6) is 11.5 Å². The number of carbonyl (C=O) groups is 3. The van der Waals surface area contributed by atoms with Crippen molar-refractivity contribution in [3.63, 3.8) is 0 Å². The van der Waals surface area contributed by atoms with Crippen molar-refractivity contribution in [3.05, 3.63) is 77.7 Å². The maximum Gasteiger partial charge on any atom is 0.337 e. The number of nitrogens with zero attached hydrogens (tertiary/aromatic N) is 3. The molecule has 7 rings (SSSR count). The summed E-state index contributed by atoms with van der Waals surface area (Å²) in [4.78, 5) is 44.2. The van der Waals surface area contributed by atoms with E-state index in [1.54, 1.807) is 25.4 Å². The predicted molar refractivity (Wildman–Crippen MR) is 151 cm³/mol. The Morgan fingerprint density at radius 1 is 1.02 bits per heavy atom. The van der Waals surface area contributed by atoms with E-state index in [4.69, 9.17) is 9.47 Å². The van der Waals surface area contributed by atoms with Crippen LogP contribution in [0.4, 0.5) is 0 Å². The third kappa shape index (κ3) is 4.41. The molecule has 4 aromatic rings. The van der Waals surface area contributed by atoms with E-state index in [2.05, 4.69) is 15.7 Å². The third-order valence-corrected chi connectivity index (χ3v) is 8.58. The Balaban J connectivity index is 1.09. The summed E-state index contributed by atoms with van der Waals surface area (Å²) >= 11 is 0. The number of amides is 1. The predicted octanol–water partition coefficient (Wildman–Crippen LogP) is 5.39.